The second kappa shape index (κ2) is 6.43. The van der Waals surface area contributed by atoms with Gasteiger partial charge in [0.05, 0.1) is 23.5 Å². The normalized spacial score (nSPS) is 30.2. The molecule has 1 amide bonds. The summed E-state index contributed by atoms with van der Waals surface area (Å²) in [4.78, 5) is 22.9. The Labute approximate surface area is 137 Å². The van der Waals surface area contributed by atoms with Crippen molar-refractivity contribution >= 4 is 11.7 Å². The lowest BCUT2D eigenvalue weighted by atomic mass is 9.77. The average Bonchev–Trinajstić information content (AvgIpc) is 2.90. The molecule has 4 atom stereocenters. The SMILES string of the molecule is CO[C@@H]1C[C@H]2CN(c3nc(C)cnc3C)C[C@H]2C[C@H]1NC(C)=O. The summed E-state index contributed by atoms with van der Waals surface area (Å²) < 4.78 is 5.64. The van der Waals surface area contributed by atoms with Crippen LogP contribution in [0.2, 0.25) is 0 Å². The van der Waals surface area contributed by atoms with E-state index in [0.717, 1.165) is 43.1 Å². The molecule has 126 valence electrons. The first-order chi connectivity index (χ1) is 11.0. The Kier molecular flexibility index (Phi) is 4.53. The van der Waals surface area contributed by atoms with Crippen LogP contribution in [0.1, 0.15) is 31.2 Å². The average molecular weight is 318 g/mol. The Morgan fingerprint density at radius 2 is 2.00 bits per heavy atom. The largest absolute Gasteiger partial charge is 0.379 e. The second-order valence-electron chi connectivity index (χ2n) is 6.90. The molecule has 1 aromatic heterocycles. The molecule has 6 heteroatoms. The van der Waals surface area contributed by atoms with E-state index in [2.05, 4.69) is 20.2 Å². The van der Waals surface area contributed by atoms with Crippen molar-refractivity contribution in [2.45, 2.75) is 45.8 Å². The Morgan fingerprint density at radius 1 is 1.30 bits per heavy atom. The Balaban J connectivity index is 1.75. The minimum atomic E-state index is 0.0192. The van der Waals surface area contributed by atoms with Crippen LogP contribution in [0.5, 0.6) is 0 Å². The molecular formula is C17H26N4O2. The number of ether oxygens (including phenoxy) is 1. The van der Waals surface area contributed by atoms with Gasteiger partial charge >= 0.3 is 0 Å². The van der Waals surface area contributed by atoms with Crippen molar-refractivity contribution in [3.8, 4) is 0 Å². The van der Waals surface area contributed by atoms with Gasteiger partial charge in [0.15, 0.2) is 0 Å². The molecule has 6 nitrogen and oxygen atoms in total. The van der Waals surface area contributed by atoms with E-state index in [1.165, 1.54) is 0 Å². The fourth-order valence-corrected chi connectivity index (χ4v) is 4.08. The van der Waals surface area contributed by atoms with Crippen LogP contribution >= 0.6 is 0 Å². The third kappa shape index (κ3) is 3.32. The minimum absolute atomic E-state index is 0.0192. The zero-order chi connectivity index (χ0) is 16.6. The number of fused-ring (bicyclic) bond motifs is 1. The standard InChI is InChI=1S/C17H26N4O2/c1-10-7-18-11(2)17(19-10)21-8-13-5-15(20-12(3)22)16(23-4)6-14(13)9-21/h7,13-16H,5-6,8-9H2,1-4H3,(H,20,22)/t13-,14+,15-,16-/m1/s1. The number of methoxy groups -OCH3 is 1. The number of hydrogen-bond donors (Lipinski definition) is 1. The number of nitrogens with one attached hydrogen (secondary N) is 1. The third-order valence-corrected chi connectivity index (χ3v) is 5.16. The number of amides is 1. The molecule has 3 rings (SSSR count). The van der Waals surface area contributed by atoms with E-state index in [1.54, 1.807) is 14.0 Å². The van der Waals surface area contributed by atoms with Crippen molar-refractivity contribution < 1.29 is 9.53 Å². The molecule has 0 unspecified atom stereocenters. The van der Waals surface area contributed by atoms with Crippen LogP contribution in [-0.4, -0.2) is 48.2 Å². The first-order valence-electron chi connectivity index (χ1n) is 8.33. The first kappa shape index (κ1) is 16.2. The number of anilines is 1. The molecule has 1 aliphatic carbocycles. The van der Waals surface area contributed by atoms with Crippen molar-refractivity contribution in [2.75, 3.05) is 25.1 Å². The minimum Gasteiger partial charge on any atom is -0.379 e. The Bertz CT molecular complexity index is 592. The molecule has 2 fully saturated rings. The van der Waals surface area contributed by atoms with Gasteiger partial charge in [-0.3, -0.25) is 9.78 Å². The molecule has 1 N–H and O–H groups in total. The van der Waals surface area contributed by atoms with E-state index >= 15 is 0 Å². The summed E-state index contributed by atoms with van der Waals surface area (Å²) in [5.41, 5.74) is 1.93. The molecular weight excluding hydrogens is 292 g/mol. The number of hydrogen-bond acceptors (Lipinski definition) is 5. The summed E-state index contributed by atoms with van der Waals surface area (Å²) in [5, 5.41) is 3.06. The van der Waals surface area contributed by atoms with Crippen LogP contribution in [0, 0.1) is 25.7 Å². The van der Waals surface area contributed by atoms with Gasteiger partial charge in [0.2, 0.25) is 5.91 Å². The predicted octanol–water partition coefficient (Wildman–Crippen LogP) is 1.46. The Hall–Kier alpha value is -1.69. The van der Waals surface area contributed by atoms with E-state index in [4.69, 9.17) is 4.74 Å². The van der Waals surface area contributed by atoms with E-state index in [1.807, 2.05) is 20.0 Å². The van der Waals surface area contributed by atoms with Crippen LogP contribution in [-0.2, 0) is 9.53 Å². The van der Waals surface area contributed by atoms with E-state index in [9.17, 15) is 4.79 Å². The highest BCUT2D eigenvalue weighted by Gasteiger charge is 2.43. The van der Waals surface area contributed by atoms with Gasteiger partial charge in [-0.05, 0) is 38.5 Å². The first-order valence-corrected chi connectivity index (χ1v) is 8.33. The molecule has 1 aliphatic heterocycles. The third-order valence-electron chi connectivity index (χ3n) is 5.16. The van der Waals surface area contributed by atoms with E-state index < -0.39 is 0 Å². The maximum absolute atomic E-state index is 11.4. The van der Waals surface area contributed by atoms with Gasteiger partial charge in [-0.25, -0.2) is 4.98 Å². The number of carbonyl (C=O) groups excluding carboxylic acids is 1. The molecule has 0 bridgehead atoms. The summed E-state index contributed by atoms with van der Waals surface area (Å²) in [6.45, 7) is 7.55. The van der Waals surface area contributed by atoms with E-state index in [-0.39, 0.29) is 18.1 Å². The monoisotopic (exact) mass is 318 g/mol. The molecule has 1 aromatic rings. The van der Waals surface area contributed by atoms with Gasteiger partial charge < -0.3 is 15.0 Å². The quantitative estimate of drug-likeness (QED) is 0.914. The zero-order valence-corrected chi connectivity index (χ0v) is 14.4. The van der Waals surface area contributed by atoms with Crippen LogP contribution < -0.4 is 10.2 Å². The van der Waals surface area contributed by atoms with Crippen molar-refractivity contribution in [3.05, 3.63) is 17.6 Å². The highest BCUT2D eigenvalue weighted by Crippen LogP contribution is 2.39. The lowest BCUT2D eigenvalue weighted by Crippen LogP contribution is -2.49. The molecule has 2 heterocycles. The molecule has 1 saturated carbocycles. The summed E-state index contributed by atoms with van der Waals surface area (Å²) in [5.74, 6) is 2.18. The van der Waals surface area contributed by atoms with Crippen molar-refractivity contribution in [1.29, 1.82) is 0 Å². The summed E-state index contributed by atoms with van der Waals surface area (Å²) in [6, 6.07) is 0.114. The number of aryl methyl sites for hydroxylation is 2. The lowest BCUT2D eigenvalue weighted by molar-refractivity contribution is -0.121. The molecule has 0 radical (unpaired) electrons. The van der Waals surface area contributed by atoms with Gasteiger partial charge in [-0.15, -0.1) is 0 Å². The summed E-state index contributed by atoms with van der Waals surface area (Å²) >= 11 is 0. The van der Waals surface area contributed by atoms with Crippen LogP contribution in [0.3, 0.4) is 0 Å². The van der Waals surface area contributed by atoms with Crippen molar-refractivity contribution in [1.82, 2.24) is 15.3 Å². The number of nitrogens with zero attached hydrogens (tertiary/aromatic N) is 3. The van der Waals surface area contributed by atoms with Gasteiger partial charge in [0.1, 0.15) is 5.82 Å². The van der Waals surface area contributed by atoms with Crippen molar-refractivity contribution in [2.24, 2.45) is 11.8 Å². The fourth-order valence-electron chi connectivity index (χ4n) is 4.08. The smallest absolute Gasteiger partial charge is 0.217 e. The van der Waals surface area contributed by atoms with Crippen LogP contribution in [0.15, 0.2) is 6.20 Å². The zero-order valence-electron chi connectivity index (χ0n) is 14.4. The summed E-state index contributed by atoms with van der Waals surface area (Å²) in [6.07, 6.45) is 3.87. The maximum Gasteiger partial charge on any atom is 0.217 e. The molecule has 23 heavy (non-hydrogen) atoms. The van der Waals surface area contributed by atoms with Crippen LogP contribution in [0.25, 0.3) is 0 Å². The highest BCUT2D eigenvalue weighted by molar-refractivity contribution is 5.73. The molecule has 0 spiro atoms. The number of carbonyl (C=O) groups is 1. The van der Waals surface area contributed by atoms with Gasteiger partial charge in [0, 0.05) is 33.3 Å². The highest BCUT2D eigenvalue weighted by atomic mass is 16.5. The van der Waals surface area contributed by atoms with Gasteiger partial charge in [-0.2, -0.15) is 0 Å². The lowest BCUT2D eigenvalue weighted by Gasteiger charge is -2.37. The molecule has 2 aliphatic rings. The van der Waals surface area contributed by atoms with Crippen molar-refractivity contribution in [3.63, 3.8) is 0 Å². The molecule has 0 aromatic carbocycles. The topological polar surface area (TPSA) is 67.3 Å². The number of aromatic nitrogens is 2. The number of rotatable bonds is 3. The second-order valence-corrected chi connectivity index (χ2v) is 6.90. The maximum atomic E-state index is 11.4. The summed E-state index contributed by atoms with van der Waals surface area (Å²) in [7, 11) is 1.74. The van der Waals surface area contributed by atoms with Crippen LogP contribution in [0.4, 0.5) is 5.82 Å². The Morgan fingerprint density at radius 3 is 2.65 bits per heavy atom. The van der Waals surface area contributed by atoms with Gasteiger partial charge in [-0.1, -0.05) is 0 Å². The molecule has 1 saturated heterocycles. The van der Waals surface area contributed by atoms with E-state index in [0.29, 0.717) is 11.8 Å². The predicted molar refractivity (Wildman–Crippen MR) is 88.3 cm³/mol. The van der Waals surface area contributed by atoms with Gasteiger partial charge in [0.25, 0.3) is 0 Å². The fraction of sp³-hybridized carbons (Fsp3) is 0.706.